The second-order valence-corrected chi connectivity index (χ2v) is 4.84. The zero-order valence-electron chi connectivity index (χ0n) is 9.45. The van der Waals surface area contributed by atoms with Crippen molar-refractivity contribution in [2.75, 3.05) is 0 Å². The van der Waals surface area contributed by atoms with Crippen molar-refractivity contribution in [3.63, 3.8) is 0 Å². The average Bonchev–Trinajstić information content (AvgIpc) is 2.29. The maximum atomic E-state index is 13.3. The van der Waals surface area contributed by atoms with Crippen LogP contribution in [0.4, 0.5) is 4.39 Å². The molecule has 3 atom stereocenters. The van der Waals surface area contributed by atoms with E-state index < -0.39 is 12.1 Å². The molecule has 0 aliphatic carbocycles. The molecule has 90 valence electrons. The monoisotopic (exact) mass is 289 g/mol. The SMILES string of the molecule is CCC(C)[C@H](O)[C@H](N)c1cccc(F)c1Br. The van der Waals surface area contributed by atoms with E-state index in [1.807, 2.05) is 13.8 Å². The molecule has 4 heteroatoms. The summed E-state index contributed by atoms with van der Waals surface area (Å²) >= 11 is 3.15. The standard InChI is InChI=1S/C12H17BrFNO/c1-3-7(2)12(16)11(15)8-5-4-6-9(14)10(8)13/h4-7,11-12,16H,3,15H2,1-2H3/t7?,11-,12+/m1/s1. The molecule has 0 radical (unpaired) electrons. The Morgan fingerprint density at radius 1 is 1.50 bits per heavy atom. The summed E-state index contributed by atoms with van der Waals surface area (Å²) in [5, 5.41) is 9.99. The number of aliphatic hydroxyl groups is 1. The highest BCUT2D eigenvalue weighted by molar-refractivity contribution is 9.10. The average molecular weight is 290 g/mol. The van der Waals surface area contributed by atoms with Crippen LogP contribution in [0.3, 0.4) is 0 Å². The van der Waals surface area contributed by atoms with E-state index in [0.717, 1.165) is 6.42 Å². The summed E-state index contributed by atoms with van der Waals surface area (Å²) in [5.41, 5.74) is 6.54. The van der Waals surface area contributed by atoms with Gasteiger partial charge < -0.3 is 10.8 Å². The molecule has 0 saturated carbocycles. The molecule has 1 unspecified atom stereocenters. The van der Waals surface area contributed by atoms with Crippen LogP contribution in [-0.4, -0.2) is 11.2 Å². The van der Waals surface area contributed by atoms with Crippen molar-refractivity contribution >= 4 is 15.9 Å². The second kappa shape index (κ2) is 5.75. The first kappa shape index (κ1) is 13.6. The molecule has 0 saturated heterocycles. The van der Waals surface area contributed by atoms with Crippen molar-refractivity contribution < 1.29 is 9.50 Å². The number of rotatable bonds is 4. The summed E-state index contributed by atoms with van der Waals surface area (Å²) in [6.45, 7) is 3.92. The van der Waals surface area contributed by atoms with Gasteiger partial charge in [0.15, 0.2) is 0 Å². The van der Waals surface area contributed by atoms with Crippen LogP contribution in [0.5, 0.6) is 0 Å². The number of hydrogen-bond acceptors (Lipinski definition) is 2. The predicted octanol–water partition coefficient (Wildman–Crippen LogP) is 3.00. The van der Waals surface area contributed by atoms with Gasteiger partial charge in [0.1, 0.15) is 5.82 Å². The third kappa shape index (κ3) is 2.81. The van der Waals surface area contributed by atoms with Crippen LogP contribution in [0, 0.1) is 11.7 Å². The van der Waals surface area contributed by atoms with Crippen LogP contribution in [-0.2, 0) is 0 Å². The minimum Gasteiger partial charge on any atom is -0.391 e. The smallest absolute Gasteiger partial charge is 0.137 e. The largest absolute Gasteiger partial charge is 0.391 e. The van der Waals surface area contributed by atoms with Gasteiger partial charge in [-0.25, -0.2) is 4.39 Å². The summed E-state index contributed by atoms with van der Waals surface area (Å²) in [5.74, 6) is -0.269. The van der Waals surface area contributed by atoms with Gasteiger partial charge in [0.2, 0.25) is 0 Å². The van der Waals surface area contributed by atoms with E-state index in [0.29, 0.717) is 10.0 Å². The van der Waals surface area contributed by atoms with Crippen LogP contribution in [0.15, 0.2) is 22.7 Å². The molecule has 1 aromatic carbocycles. The summed E-state index contributed by atoms with van der Waals surface area (Å²) in [7, 11) is 0. The third-order valence-corrected chi connectivity index (χ3v) is 3.77. The Morgan fingerprint density at radius 3 is 2.69 bits per heavy atom. The molecule has 0 aliphatic heterocycles. The first-order chi connectivity index (χ1) is 7.49. The van der Waals surface area contributed by atoms with Gasteiger partial charge in [-0.15, -0.1) is 0 Å². The quantitative estimate of drug-likeness (QED) is 0.895. The number of hydrogen-bond donors (Lipinski definition) is 2. The van der Waals surface area contributed by atoms with Crippen molar-refractivity contribution in [1.29, 1.82) is 0 Å². The van der Waals surface area contributed by atoms with Crippen molar-refractivity contribution in [3.8, 4) is 0 Å². The van der Waals surface area contributed by atoms with Gasteiger partial charge in [-0.1, -0.05) is 32.4 Å². The maximum Gasteiger partial charge on any atom is 0.137 e. The number of halogens is 2. The van der Waals surface area contributed by atoms with Crippen molar-refractivity contribution in [1.82, 2.24) is 0 Å². The van der Waals surface area contributed by atoms with Crippen molar-refractivity contribution in [2.45, 2.75) is 32.4 Å². The molecule has 1 aromatic rings. The van der Waals surface area contributed by atoms with Gasteiger partial charge in [0, 0.05) is 0 Å². The Balaban J connectivity index is 2.96. The van der Waals surface area contributed by atoms with E-state index in [4.69, 9.17) is 5.73 Å². The van der Waals surface area contributed by atoms with Crippen LogP contribution in [0.2, 0.25) is 0 Å². The van der Waals surface area contributed by atoms with Gasteiger partial charge in [-0.3, -0.25) is 0 Å². The lowest BCUT2D eigenvalue weighted by Gasteiger charge is -2.25. The van der Waals surface area contributed by atoms with Gasteiger partial charge in [0.05, 0.1) is 16.6 Å². The van der Waals surface area contributed by atoms with Crippen LogP contribution >= 0.6 is 15.9 Å². The molecule has 0 aromatic heterocycles. The van der Waals surface area contributed by atoms with Gasteiger partial charge in [-0.2, -0.15) is 0 Å². The first-order valence-electron chi connectivity index (χ1n) is 5.36. The first-order valence-corrected chi connectivity index (χ1v) is 6.15. The Kier molecular flexibility index (Phi) is 4.89. The Hall–Kier alpha value is -0.450. The van der Waals surface area contributed by atoms with E-state index in [1.54, 1.807) is 12.1 Å². The van der Waals surface area contributed by atoms with Crippen molar-refractivity contribution in [2.24, 2.45) is 11.7 Å². The summed E-state index contributed by atoms with van der Waals surface area (Å²) in [6, 6.07) is 4.11. The summed E-state index contributed by atoms with van der Waals surface area (Å²) in [6.07, 6.45) is 0.171. The fourth-order valence-corrected chi connectivity index (χ4v) is 2.09. The number of benzene rings is 1. The molecule has 0 aliphatic rings. The minimum atomic E-state index is -0.664. The van der Waals surface area contributed by atoms with E-state index >= 15 is 0 Å². The predicted molar refractivity (Wildman–Crippen MR) is 66.5 cm³/mol. The van der Waals surface area contributed by atoms with E-state index in [9.17, 15) is 9.50 Å². The van der Waals surface area contributed by atoms with E-state index in [-0.39, 0.29) is 11.7 Å². The van der Waals surface area contributed by atoms with E-state index in [2.05, 4.69) is 15.9 Å². The fourth-order valence-electron chi connectivity index (χ4n) is 1.56. The highest BCUT2D eigenvalue weighted by Crippen LogP contribution is 2.29. The van der Waals surface area contributed by atoms with Gasteiger partial charge in [-0.05, 0) is 33.5 Å². The van der Waals surface area contributed by atoms with E-state index in [1.165, 1.54) is 6.07 Å². The molecule has 0 fully saturated rings. The van der Waals surface area contributed by atoms with Crippen LogP contribution in [0.25, 0.3) is 0 Å². The van der Waals surface area contributed by atoms with Crippen molar-refractivity contribution in [3.05, 3.63) is 34.1 Å². The number of aliphatic hydroxyl groups excluding tert-OH is 1. The number of nitrogens with two attached hydrogens (primary N) is 1. The topological polar surface area (TPSA) is 46.2 Å². The minimum absolute atomic E-state index is 0.0881. The molecule has 0 spiro atoms. The lowest BCUT2D eigenvalue weighted by atomic mass is 9.91. The molecule has 0 bridgehead atoms. The zero-order chi connectivity index (χ0) is 12.3. The lowest BCUT2D eigenvalue weighted by Crippen LogP contribution is -2.31. The highest BCUT2D eigenvalue weighted by Gasteiger charge is 2.24. The second-order valence-electron chi connectivity index (χ2n) is 4.04. The molecule has 1 rings (SSSR count). The molecule has 0 heterocycles. The van der Waals surface area contributed by atoms with Crippen LogP contribution < -0.4 is 5.73 Å². The maximum absolute atomic E-state index is 13.3. The van der Waals surface area contributed by atoms with Gasteiger partial charge in [0.25, 0.3) is 0 Å². The Bertz CT molecular complexity index is 359. The Morgan fingerprint density at radius 2 is 2.12 bits per heavy atom. The normalized spacial score (nSPS) is 16.9. The zero-order valence-corrected chi connectivity index (χ0v) is 11.0. The molecule has 16 heavy (non-hydrogen) atoms. The summed E-state index contributed by atoms with van der Waals surface area (Å²) in [4.78, 5) is 0. The molecule has 3 N–H and O–H groups in total. The molecule has 2 nitrogen and oxygen atoms in total. The molecular weight excluding hydrogens is 273 g/mol. The fraction of sp³-hybridized carbons (Fsp3) is 0.500. The molecule has 0 amide bonds. The Labute approximate surface area is 104 Å². The summed E-state index contributed by atoms with van der Waals surface area (Å²) < 4.78 is 13.6. The third-order valence-electron chi connectivity index (χ3n) is 2.94. The van der Waals surface area contributed by atoms with Gasteiger partial charge >= 0.3 is 0 Å². The molecular formula is C12H17BrFNO. The van der Waals surface area contributed by atoms with Crippen LogP contribution in [0.1, 0.15) is 31.9 Å². The lowest BCUT2D eigenvalue weighted by molar-refractivity contribution is 0.0876. The highest BCUT2D eigenvalue weighted by atomic mass is 79.9.